The molecular weight excluding hydrogens is 416 g/mol. The van der Waals surface area contributed by atoms with Gasteiger partial charge in [0.05, 0.1) is 21.9 Å². The summed E-state index contributed by atoms with van der Waals surface area (Å²) in [5.74, 6) is -0.433. The van der Waals surface area contributed by atoms with Gasteiger partial charge in [0.25, 0.3) is 5.56 Å². The van der Waals surface area contributed by atoms with Gasteiger partial charge in [0, 0.05) is 4.88 Å². The molecule has 7 heteroatoms. The zero-order chi connectivity index (χ0) is 21.4. The third kappa shape index (κ3) is 3.82. The summed E-state index contributed by atoms with van der Waals surface area (Å²) in [6.45, 7) is 7.45. The third-order valence-electron chi connectivity index (χ3n) is 4.77. The lowest BCUT2D eigenvalue weighted by atomic mass is 10.0. The minimum absolute atomic E-state index is 0.153. The fraction of sp³-hybridized carbons (Fsp3) is 0.261. The molecule has 30 heavy (non-hydrogen) atoms. The predicted octanol–water partition coefficient (Wildman–Crippen LogP) is 3.56. The van der Waals surface area contributed by atoms with Crippen LogP contribution in [0.15, 0.2) is 62.8 Å². The number of nitrogens with zero attached hydrogens (tertiary/aromatic N) is 2. The van der Waals surface area contributed by atoms with E-state index in [1.165, 1.54) is 22.7 Å². The first-order valence-corrected chi connectivity index (χ1v) is 11.4. The Morgan fingerprint density at radius 2 is 1.93 bits per heavy atom. The van der Waals surface area contributed by atoms with Gasteiger partial charge in [0.15, 0.2) is 4.80 Å². The molecule has 0 fully saturated rings. The van der Waals surface area contributed by atoms with Crippen molar-refractivity contribution in [1.82, 2.24) is 4.57 Å². The number of aromatic nitrogens is 1. The summed E-state index contributed by atoms with van der Waals surface area (Å²) in [6, 6.07) is 11.3. The van der Waals surface area contributed by atoms with E-state index in [4.69, 9.17) is 4.74 Å². The second-order valence-corrected chi connectivity index (χ2v) is 9.45. The molecule has 3 aromatic rings. The second-order valence-electron chi connectivity index (χ2n) is 7.46. The van der Waals surface area contributed by atoms with Crippen LogP contribution in [0.5, 0.6) is 0 Å². The van der Waals surface area contributed by atoms with Crippen molar-refractivity contribution in [3.63, 3.8) is 0 Å². The van der Waals surface area contributed by atoms with E-state index in [0.29, 0.717) is 20.6 Å². The minimum Gasteiger partial charge on any atom is -0.459 e. The van der Waals surface area contributed by atoms with Crippen molar-refractivity contribution in [3.05, 3.63) is 88.7 Å². The summed E-state index contributed by atoms with van der Waals surface area (Å²) in [4.78, 5) is 32.4. The van der Waals surface area contributed by atoms with Gasteiger partial charge in [-0.05, 0) is 50.8 Å². The van der Waals surface area contributed by atoms with E-state index in [-0.39, 0.29) is 11.7 Å². The van der Waals surface area contributed by atoms with Crippen molar-refractivity contribution in [3.8, 4) is 0 Å². The molecule has 0 radical (unpaired) electrons. The maximum Gasteiger partial charge on any atom is 0.338 e. The van der Waals surface area contributed by atoms with Gasteiger partial charge < -0.3 is 4.74 Å². The van der Waals surface area contributed by atoms with Crippen LogP contribution in [0.3, 0.4) is 0 Å². The number of rotatable bonds is 4. The molecule has 0 aliphatic carbocycles. The van der Waals surface area contributed by atoms with Crippen LogP contribution >= 0.6 is 22.7 Å². The van der Waals surface area contributed by atoms with Gasteiger partial charge in [-0.3, -0.25) is 9.36 Å². The molecule has 1 aromatic carbocycles. The Kier molecular flexibility index (Phi) is 5.58. The van der Waals surface area contributed by atoms with E-state index in [1.807, 2.05) is 68.6 Å². The van der Waals surface area contributed by atoms with Gasteiger partial charge in [-0.1, -0.05) is 47.2 Å². The number of aryl methyl sites for hydroxylation is 1. The molecule has 4 rings (SSSR count). The minimum atomic E-state index is -0.535. The zero-order valence-corrected chi connectivity index (χ0v) is 18.8. The van der Waals surface area contributed by atoms with E-state index in [1.54, 1.807) is 11.5 Å². The molecule has 0 N–H and O–H groups in total. The molecule has 1 aliphatic rings. The predicted molar refractivity (Wildman–Crippen MR) is 120 cm³/mol. The first-order valence-electron chi connectivity index (χ1n) is 9.68. The monoisotopic (exact) mass is 438 g/mol. The molecule has 1 atom stereocenters. The number of thiazole rings is 1. The Bertz CT molecular complexity index is 1290. The number of benzene rings is 1. The van der Waals surface area contributed by atoms with Crippen LogP contribution in [0.4, 0.5) is 0 Å². The smallest absolute Gasteiger partial charge is 0.338 e. The van der Waals surface area contributed by atoms with E-state index >= 15 is 0 Å². The first kappa shape index (κ1) is 20.5. The molecule has 0 unspecified atom stereocenters. The number of thiophene rings is 1. The fourth-order valence-corrected chi connectivity index (χ4v) is 5.26. The van der Waals surface area contributed by atoms with Gasteiger partial charge in [-0.25, -0.2) is 9.79 Å². The summed E-state index contributed by atoms with van der Waals surface area (Å²) >= 11 is 2.85. The standard InChI is InChI=1S/C23H22N2O3S2/c1-13(2)28-22(27)19-15(4)24-23-25(20(19)17-6-5-11-29-17)21(26)18(30-23)12-16-9-7-14(3)8-10-16/h5-13,20H,1-4H3/b18-12+/t20-/m0/s1. The lowest BCUT2D eigenvalue weighted by Crippen LogP contribution is -2.39. The van der Waals surface area contributed by atoms with E-state index in [2.05, 4.69) is 4.99 Å². The number of carbonyl (C=O) groups excluding carboxylic acids is 1. The summed E-state index contributed by atoms with van der Waals surface area (Å²) in [6.07, 6.45) is 1.62. The second kappa shape index (κ2) is 8.16. The summed E-state index contributed by atoms with van der Waals surface area (Å²) < 4.78 is 7.70. The van der Waals surface area contributed by atoms with Crippen molar-refractivity contribution in [2.24, 2.45) is 4.99 Å². The molecule has 5 nitrogen and oxygen atoms in total. The molecular formula is C23H22N2O3S2. The number of allylic oxidation sites excluding steroid dienone is 1. The van der Waals surface area contributed by atoms with E-state index in [9.17, 15) is 9.59 Å². The maximum atomic E-state index is 13.4. The van der Waals surface area contributed by atoms with Crippen LogP contribution in [0, 0.1) is 6.92 Å². The van der Waals surface area contributed by atoms with Gasteiger partial charge in [-0.2, -0.15) is 0 Å². The average molecular weight is 439 g/mol. The van der Waals surface area contributed by atoms with Crippen molar-refractivity contribution in [2.75, 3.05) is 0 Å². The maximum absolute atomic E-state index is 13.4. The zero-order valence-electron chi connectivity index (χ0n) is 17.2. The van der Waals surface area contributed by atoms with Gasteiger partial charge >= 0.3 is 5.97 Å². The highest BCUT2D eigenvalue weighted by molar-refractivity contribution is 7.10. The number of hydrogen-bond acceptors (Lipinski definition) is 6. The van der Waals surface area contributed by atoms with Gasteiger partial charge in [0.2, 0.25) is 0 Å². The average Bonchev–Trinajstić information content (AvgIpc) is 3.31. The lowest BCUT2D eigenvalue weighted by molar-refractivity contribution is -0.143. The van der Waals surface area contributed by atoms with E-state index in [0.717, 1.165) is 16.0 Å². The first-order chi connectivity index (χ1) is 14.3. The molecule has 0 bridgehead atoms. The van der Waals surface area contributed by atoms with Crippen LogP contribution < -0.4 is 14.9 Å². The van der Waals surface area contributed by atoms with Crippen LogP contribution in [0.2, 0.25) is 0 Å². The summed E-state index contributed by atoms with van der Waals surface area (Å²) in [5.41, 5.74) is 2.96. The molecule has 0 saturated carbocycles. The van der Waals surface area contributed by atoms with Crippen LogP contribution in [0.25, 0.3) is 6.08 Å². The molecule has 154 valence electrons. The highest BCUT2D eigenvalue weighted by atomic mass is 32.1. The molecule has 3 heterocycles. The lowest BCUT2D eigenvalue weighted by Gasteiger charge is -2.24. The van der Waals surface area contributed by atoms with Crippen LogP contribution in [-0.4, -0.2) is 16.6 Å². The van der Waals surface area contributed by atoms with Crippen LogP contribution in [-0.2, 0) is 9.53 Å². The van der Waals surface area contributed by atoms with Gasteiger partial charge in [0.1, 0.15) is 6.04 Å². The molecule has 0 amide bonds. The van der Waals surface area contributed by atoms with Crippen LogP contribution in [0.1, 0.15) is 42.8 Å². The highest BCUT2D eigenvalue weighted by Crippen LogP contribution is 2.33. The quantitative estimate of drug-likeness (QED) is 0.585. The summed E-state index contributed by atoms with van der Waals surface area (Å²) in [5, 5.41) is 1.94. The molecule has 0 saturated heterocycles. The van der Waals surface area contributed by atoms with Crippen molar-refractivity contribution in [1.29, 1.82) is 0 Å². The fourth-order valence-electron chi connectivity index (χ4n) is 3.39. The Balaban J connectivity index is 1.91. The van der Waals surface area contributed by atoms with E-state index < -0.39 is 12.0 Å². The Hall–Kier alpha value is -2.77. The van der Waals surface area contributed by atoms with Gasteiger partial charge in [-0.15, -0.1) is 11.3 Å². The highest BCUT2D eigenvalue weighted by Gasteiger charge is 2.34. The Morgan fingerprint density at radius 3 is 2.57 bits per heavy atom. The topological polar surface area (TPSA) is 60.7 Å². The number of esters is 1. The molecule has 1 aliphatic heterocycles. The van der Waals surface area contributed by atoms with Crippen molar-refractivity contribution >= 4 is 34.7 Å². The Morgan fingerprint density at radius 1 is 1.20 bits per heavy atom. The van der Waals surface area contributed by atoms with Crippen molar-refractivity contribution in [2.45, 2.75) is 39.8 Å². The molecule has 2 aromatic heterocycles. The number of fused-ring (bicyclic) bond motifs is 1. The molecule has 0 spiro atoms. The van der Waals surface area contributed by atoms with Crippen molar-refractivity contribution < 1.29 is 9.53 Å². The number of ether oxygens (including phenoxy) is 1. The largest absolute Gasteiger partial charge is 0.459 e. The number of hydrogen-bond donors (Lipinski definition) is 0. The third-order valence-corrected chi connectivity index (χ3v) is 6.68. The SMILES string of the molecule is CC1=C(C(=O)OC(C)C)[C@H](c2cccs2)n2c(s/c(=C/c3ccc(C)cc3)c2=O)=N1. The Labute approximate surface area is 182 Å². The summed E-state index contributed by atoms with van der Waals surface area (Å²) in [7, 11) is 0. The normalized spacial score (nSPS) is 16.6. The number of carbonyl (C=O) groups is 1.